The highest BCUT2D eigenvalue weighted by Gasteiger charge is 2.24. The lowest BCUT2D eigenvalue weighted by Crippen LogP contribution is -2.49. The van der Waals surface area contributed by atoms with Gasteiger partial charge in [0.05, 0.1) is 6.54 Å². The first-order valence-corrected chi connectivity index (χ1v) is 10.5. The lowest BCUT2D eigenvalue weighted by molar-refractivity contribution is -0.131. The molecule has 7 heteroatoms. The summed E-state index contributed by atoms with van der Waals surface area (Å²) in [5.74, 6) is 0.408. The van der Waals surface area contributed by atoms with Crippen LogP contribution in [-0.4, -0.2) is 71.5 Å². The Bertz CT molecular complexity index is 941. The van der Waals surface area contributed by atoms with E-state index >= 15 is 0 Å². The van der Waals surface area contributed by atoms with E-state index in [0.717, 1.165) is 68.6 Å². The van der Waals surface area contributed by atoms with Crippen LogP contribution in [0.5, 0.6) is 5.75 Å². The number of nitrogens with zero attached hydrogens (tertiary/aromatic N) is 3. The van der Waals surface area contributed by atoms with E-state index in [9.17, 15) is 14.7 Å². The van der Waals surface area contributed by atoms with Crippen molar-refractivity contribution in [3.05, 3.63) is 39.7 Å². The number of fused-ring (bicyclic) bond motifs is 1. The number of rotatable bonds is 5. The fourth-order valence-electron chi connectivity index (χ4n) is 4.33. The Morgan fingerprint density at radius 3 is 2.38 bits per heavy atom. The number of likely N-dealkylation sites (tertiary alicyclic amines) is 1. The van der Waals surface area contributed by atoms with Crippen molar-refractivity contribution in [3.63, 3.8) is 0 Å². The predicted molar refractivity (Wildman–Crippen MR) is 111 cm³/mol. The molecule has 7 nitrogen and oxygen atoms in total. The fraction of sp³-hybridized carbons (Fsp3) is 0.545. The minimum absolute atomic E-state index is 0.164. The Labute approximate surface area is 170 Å². The van der Waals surface area contributed by atoms with Crippen molar-refractivity contribution in [3.8, 4) is 5.75 Å². The van der Waals surface area contributed by atoms with E-state index < -0.39 is 5.63 Å². The Kier molecular flexibility index (Phi) is 5.87. The number of carbonyl (C=O) groups excluding carboxylic acids is 1. The number of amides is 1. The molecule has 1 N–H and O–H groups in total. The highest BCUT2D eigenvalue weighted by Crippen LogP contribution is 2.27. The summed E-state index contributed by atoms with van der Waals surface area (Å²) in [5, 5.41) is 11.0. The van der Waals surface area contributed by atoms with E-state index in [1.165, 1.54) is 0 Å². The number of aromatic hydroxyl groups is 1. The molecule has 0 unspecified atom stereocenters. The van der Waals surface area contributed by atoms with Gasteiger partial charge < -0.3 is 14.4 Å². The van der Waals surface area contributed by atoms with Crippen molar-refractivity contribution < 1.29 is 14.3 Å². The summed E-state index contributed by atoms with van der Waals surface area (Å²) in [6.45, 7) is 8.36. The van der Waals surface area contributed by atoms with E-state index in [4.69, 9.17) is 4.42 Å². The summed E-state index contributed by atoms with van der Waals surface area (Å²) in [4.78, 5) is 30.9. The number of phenols is 1. The first-order valence-electron chi connectivity index (χ1n) is 10.5. The molecule has 1 aromatic heterocycles. The molecule has 0 spiro atoms. The number of hydrogen-bond donors (Lipinski definition) is 1. The zero-order valence-corrected chi connectivity index (χ0v) is 17.0. The summed E-state index contributed by atoms with van der Waals surface area (Å²) >= 11 is 0. The molecule has 2 fully saturated rings. The molecule has 2 aromatic rings. The van der Waals surface area contributed by atoms with Gasteiger partial charge in [-0.1, -0.05) is 6.92 Å². The second kappa shape index (κ2) is 8.55. The third-order valence-corrected chi connectivity index (χ3v) is 6.09. The summed E-state index contributed by atoms with van der Waals surface area (Å²) in [7, 11) is 0. The van der Waals surface area contributed by atoms with Crippen LogP contribution in [0, 0.1) is 0 Å². The summed E-state index contributed by atoms with van der Waals surface area (Å²) in [5.41, 5.74) is 1.80. The van der Waals surface area contributed by atoms with Crippen molar-refractivity contribution in [1.29, 1.82) is 0 Å². The molecule has 0 bridgehead atoms. The SMILES string of the molecule is CCc1cc2c(CN3CCN(CC(=O)N4CCCC4)CC3)cc(=O)oc2cc1O. The number of hydrogen-bond acceptors (Lipinski definition) is 6. The van der Waals surface area contributed by atoms with Gasteiger partial charge in [-0.2, -0.15) is 0 Å². The van der Waals surface area contributed by atoms with Crippen LogP contribution in [0.3, 0.4) is 0 Å². The van der Waals surface area contributed by atoms with E-state index in [1.54, 1.807) is 12.1 Å². The fourth-order valence-corrected chi connectivity index (χ4v) is 4.33. The Morgan fingerprint density at radius 2 is 1.69 bits per heavy atom. The van der Waals surface area contributed by atoms with Crippen molar-refractivity contribution in [2.24, 2.45) is 0 Å². The summed E-state index contributed by atoms with van der Waals surface area (Å²) in [6, 6.07) is 5.02. The topological polar surface area (TPSA) is 77.2 Å². The lowest BCUT2D eigenvalue weighted by Gasteiger charge is -2.35. The van der Waals surface area contributed by atoms with E-state index in [-0.39, 0.29) is 11.7 Å². The van der Waals surface area contributed by atoms with Crippen molar-refractivity contribution in [2.75, 3.05) is 45.8 Å². The van der Waals surface area contributed by atoms with Crippen molar-refractivity contribution >= 4 is 16.9 Å². The quantitative estimate of drug-likeness (QED) is 0.773. The standard InChI is InChI=1S/C22H29N3O4/c1-2-16-11-18-17(12-22(28)29-20(18)13-19(16)26)14-23-7-9-24(10-8-23)15-21(27)25-5-3-4-6-25/h11-13,26H,2-10,14-15H2,1H3. The summed E-state index contributed by atoms with van der Waals surface area (Å²) < 4.78 is 5.30. The van der Waals surface area contributed by atoms with E-state index in [1.807, 2.05) is 17.9 Å². The first kappa shape index (κ1) is 19.9. The zero-order chi connectivity index (χ0) is 20.4. The van der Waals surface area contributed by atoms with Crippen LogP contribution in [0.1, 0.15) is 30.9 Å². The van der Waals surface area contributed by atoms with Crippen LogP contribution < -0.4 is 5.63 Å². The van der Waals surface area contributed by atoms with Gasteiger partial charge in [0, 0.05) is 63.3 Å². The largest absolute Gasteiger partial charge is 0.508 e. The maximum absolute atomic E-state index is 12.4. The monoisotopic (exact) mass is 399 g/mol. The molecule has 3 heterocycles. The molecule has 2 aliphatic rings. The summed E-state index contributed by atoms with van der Waals surface area (Å²) in [6.07, 6.45) is 2.95. The smallest absolute Gasteiger partial charge is 0.336 e. The van der Waals surface area contributed by atoms with Gasteiger partial charge in [0.1, 0.15) is 11.3 Å². The maximum atomic E-state index is 12.4. The molecule has 0 radical (unpaired) electrons. The second-order valence-corrected chi connectivity index (χ2v) is 8.06. The number of benzene rings is 1. The van der Waals surface area contributed by atoms with Crippen LogP contribution in [-0.2, 0) is 17.8 Å². The van der Waals surface area contributed by atoms with Crippen LogP contribution in [0.4, 0.5) is 0 Å². The molecule has 156 valence electrons. The molecule has 0 aliphatic carbocycles. The molecule has 1 aromatic carbocycles. The Morgan fingerprint density at radius 1 is 1.00 bits per heavy atom. The van der Waals surface area contributed by atoms with Gasteiger partial charge in [0.2, 0.25) is 5.91 Å². The second-order valence-electron chi connectivity index (χ2n) is 8.06. The molecule has 1 amide bonds. The number of piperazine rings is 1. The maximum Gasteiger partial charge on any atom is 0.336 e. The van der Waals surface area contributed by atoms with Crippen LogP contribution >= 0.6 is 0 Å². The molecule has 2 aliphatic heterocycles. The third-order valence-electron chi connectivity index (χ3n) is 6.09. The molecular formula is C22H29N3O4. The van der Waals surface area contributed by atoms with Gasteiger partial charge in [-0.3, -0.25) is 14.6 Å². The lowest BCUT2D eigenvalue weighted by atomic mass is 10.0. The normalized spacial score (nSPS) is 18.6. The minimum atomic E-state index is -0.397. The minimum Gasteiger partial charge on any atom is -0.508 e. The molecule has 2 saturated heterocycles. The number of phenolic OH excluding ortho intramolecular Hbond substituents is 1. The van der Waals surface area contributed by atoms with Gasteiger partial charge in [0.15, 0.2) is 0 Å². The van der Waals surface area contributed by atoms with Gasteiger partial charge in [0.25, 0.3) is 0 Å². The van der Waals surface area contributed by atoms with Crippen LogP contribution in [0.2, 0.25) is 0 Å². The highest BCUT2D eigenvalue weighted by molar-refractivity contribution is 5.82. The Hall–Kier alpha value is -2.38. The average molecular weight is 399 g/mol. The number of carbonyl (C=O) groups is 1. The van der Waals surface area contributed by atoms with Crippen molar-refractivity contribution in [2.45, 2.75) is 32.7 Å². The van der Waals surface area contributed by atoms with Crippen molar-refractivity contribution in [1.82, 2.24) is 14.7 Å². The van der Waals surface area contributed by atoms with Gasteiger partial charge in [-0.25, -0.2) is 4.79 Å². The number of aryl methyl sites for hydroxylation is 1. The average Bonchev–Trinajstić information content (AvgIpc) is 3.24. The van der Waals surface area contributed by atoms with Crippen LogP contribution in [0.25, 0.3) is 11.0 Å². The predicted octanol–water partition coefficient (Wildman–Crippen LogP) is 1.80. The molecule has 4 rings (SSSR count). The van der Waals surface area contributed by atoms with Gasteiger partial charge >= 0.3 is 5.63 Å². The third kappa shape index (κ3) is 4.46. The molecule has 0 atom stereocenters. The van der Waals surface area contributed by atoms with Gasteiger partial charge in [-0.15, -0.1) is 0 Å². The van der Waals surface area contributed by atoms with E-state index in [2.05, 4.69) is 9.80 Å². The first-order chi connectivity index (χ1) is 14.0. The molecule has 29 heavy (non-hydrogen) atoms. The highest BCUT2D eigenvalue weighted by atomic mass is 16.4. The Balaban J connectivity index is 1.42. The zero-order valence-electron chi connectivity index (χ0n) is 17.0. The molecule has 0 saturated carbocycles. The van der Waals surface area contributed by atoms with Gasteiger partial charge in [-0.05, 0) is 36.5 Å². The van der Waals surface area contributed by atoms with Crippen LogP contribution in [0.15, 0.2) is 27.4 Å². The molecular weight excluding hydrogens is 370 g/mol. The van der Waals surface area contributed by atoms with E-state index in [0.29, 0.717) is 25.1 Å².